The lowest BCUT2D eigenvalue weighted by Gasteiger charge is -2.30. The molecule has 1 aromatic heterocycles. The molecule has 0 amide bonds. The van der Waals surface area contributed by atoms with Crippen molar-refractivity contribution in [2.75, 3.05) is 19.8 Å². The van der Waals surface area contributed by atoms with Gasteiger partial charge < -0.3 is 21.1 Å². The SMILES string of the molecule is NC1(C(F)(F)F)c2ccccc2-c2c(-c3cnn(C(CO)(CO)CO)c3)cc(F)cc21. The molecule has 0 saturated heterocycles. The summed E-state index contributed by atoms with van der Waals surface area (Å²) in [5.41, 5.74) is 1.57. The van der Waals surface area contributed by atoms with E-state index in [0.29, 0.717) is 0 Å². The lowest BCUT2D eigenvalue weighted by molar-refractivity contribution is -0.175. The lowest BCUT2D eigenvalue weighted by Crippen LogP contribution is -2.50. The van der Waals surface area contributed by atoms with Crippen molar-refractivity contribution in [1.29, 1.82) is 0 Å². The molecule has 0 bridgehead atoms. The zero-order chi connectivity index (χ0) is 22.6. The summed E-state index contributed by atoms with van der Waals surface area (Å²) < 4.78 is 58.0. The zero-order valence-electron chi connectivity index (χ0n) is 16.1. The van der Waals surface area contributed by atoms with Crippen molar-refractivity contribution in [3.63, 3.8) is 0 Å². The van der Waals surface area contributed by atoms with E-state index in [0.717, 1.165) is 16.8 Å². The number of benzene rings is 2. The number of hydrogen-bond acceptors (Lipinski definition) is 5. The first kappa shape index (κ1) is 21.4. The molecule has 3 aromatic rings. The van der Waals surface area contributed by atoms with Gasteiger partial charge in [-0.25, -0.2) is 4.39 Å². The fourth-order valence-corrected chi connectivity index (χ4v) is 4.02. The largest absolute Gasteiger partial charge is 0.414 e. The second kappa shape index (κ2) is 7.13. The van der Waals surface area contributed by atoms with Gasteiger partial charge in [-0.15, -0.1) is 0 Å². The summed E-state index contributed by atoms with van der Waals surface area (Å²) in [6.45, 7) is -1.94. The van der Waals surface area contributed by atoms with E-state index in [1.165, 1.54) is 30.6 Å². The molecule has 0 spiro atoms. The summed E-state index contributed by atoms with van der Waals surface area (Å²) in [4.78, 5) is 0. The van der Waals surface area contributed by atoms with Gasteiger partial charge in [0.15, 0.2) is 5.54 Å². The number of fused-ring (bicyclic) bond motifs is 3. The van der Waals surface area contributed by atoms with Crippen molar-refractivity contribution in [1.82, 2.24) is 9.78 Å². The third-order valence-electron chi connectivity index (χ3n) is 5.86. The van der Waals surface area contributed by atoms with E-state index in [1.54, 1.807) is 6.07 Å². The minimum Gasteiger partial charge on any atom is -0.394 e. The number of rotatable bonds is 5. The molecular weight excluding hydrogens is 418 g/mol. The van der Waals surface area contributed by atoms with E-state index >= 15 is 0 Å². The summed E-state index contributed by atoms with van der Waals surface area (Å²) in [5, 5.41) is 32.9. The minimum atomic E-state index is -4.89. The van der Waals surface area contributed by atoms with Gasteiger partial charge in [0.05, 0.1) is 26.0 Å². The van der Waals surface area contributed by atoms with Crippen LogP contribution in [-0.4, -0.2) is 51.1 Å². The van der Waals surface area contributed by atoms with Gasteiger partial charge in [-0.3, -0.25) is 4.68 Å². The standard InChI is InChI=1S/C21H19F4N3O3/c22-13-5-15(12-7-27-28(8-12)19(9-29,10-30)11-31)18-14-3-1-2-4-16(14)20(26,17(18)6-13)21(23,24)25/h1-8,29-31H,9-11,26H2. The van der Waals surface area contributed by atoms with E-state index < -0.39 is 48.5 Å². The Balaban J connectivity index is 1.99. The first-order chi connectivity index (χ1) is 14.6. The molecule has 0 radical (unpaired) electrons. The average Bonchev–Trinajstić information content (AvgIpc) is 3.33. The molecule has 1 aliphatic rings. The lowest BCUT2D eigenvalue weighted by atomic mass is 9.87. The summed E-state index contributed by atoms with van der Waals surface area (Å²) >= 11 is 0. The van der Waals surface area contributed by atoms with E-state index in [1.807, 2.05) is 0 Å². The molecule has 0 fully saturated rings. The van der Waals surface area contributed by atoms with Crippen LogP contribution in [-0.2, 0) is 11.1 Å². The fraction of sp³-hybridized carbons (Fsp3) is 0.286. The van der Waals surface area contributed by atoms with E-state index in [2.05, 4.69) is 5.10 Å². The number of aromatic nitrogens is 2. The maximum absolute atomic E-state index is 14.5. The van der Waals surface area contributed by atoms with Crippen LogP contribution >= 0.6 is 0 Å². The van der Waals surface area contributed by atoms with E-state index in [-0.39, 0.29) is 27.8 Å². The molecule has 10 heteroatoms. The summed E-state index contributed by atoms with van der Waals surface area (Å²) in [6.07, 6.45) is -2.30. The topological polar surface area (TPSA) is 105 Å². The van der Waals surface area contributed by atoms with Crippen molar-refractivity contribution < 1.29 is 32.9 Å². The van der Waals surface area contributed by atoms with Gasteiger partial charge in [0.1, 0.15) is 11.4 Å². The second-order valence-corrected chi connectivity index (χ2v) is 7.60. The highest BCUT2D eigenvalue weighted by molar-refractivity contribution is 5.92. The second-order valence-electron chi connectivity index (χ2n) is 7.60. The molecule has 5 N–H and O–H groups in total. The molecule has 2 aromatic carbocycles. The first-order valence-electron chi connectivity index (χ1n) is 9.30. The van der Waals surface area contributed by atoms with Crippen LogP contribution < -0.4 is 5.73 Å². The number of nitrogens with zero attached hydrogens (tertiary/aromatic N) is 2. The van der Waals surface area contributed by atoms with Crippen molar-refractivity contribution in [3.8, 4) is 22.3 Å². The third-order valence-corrected chi connectivity index (χ3v) is 5.86. The molecule has 164 valence electrons. The number of hydrogen-bond donors (Lipinski definition) is 4. The van der Waals surface area contributed by atoms with Crippen LogP contribution in [0.1, 0.15) is 11.1 Å². The Kier molecular flexibility index (Phi) is 4.93. The summed E-state index contributed by atoms with van der Waals surface area (Å²) in [6, 6.07) is 7.62. The number of halogens is 4. The number of alkyl halides is 3. The Morgan fingerprint density at radius 2 is 1.61 bits per heavy atom. The molecule has 1 aliphatic carbocycles. The normalized spacial score (nSPS) is 18.2. The van der Waals surface area contributed by atoms with E-state index in [4.69, 9.17) is 5.73 Å². The Hall–Kier alpha value is -2.79. The Morgan fingerprint density at radius 3 is 2.23 bits per heavy atom. The van der Waals surface area contributed by atoms with Crippen LogP contribution in [0.25, 0.3) is 22.3 Å². The summed E-state index contributed by atoms with van der Waals surface area (Å²) in [5.74, 6) is -0.911. The molecule has 1 atom stereocenters. The van der Waals surface area contributed by atoms with Crippen molar-refractivity contribution >= 4 is 0 Å². The van der Waals surface area contributed by atoms with Gasteiger partial charge in [0, 0.05) is 11.8 Å². The predicted molar refractivity (Wildman–Crippen MR) is 103 cm³/mol. The Labute approximate surface area is 174 Å². The zero-order valence-corrected chi connectivity index (χ0v) is 16.1. The smallest absolute Gasteiger partial charge is 0.394 e. The van der Waals surface area contributed by atoms with Crippen molar-refractivity contribution in [2.24, 2.45) is 5.73 Å². The van der Waals surface area contributed by atoms with Crippen molar-refractivity contribution in [2.45, 2.75) is 17.3 Å². The monoisotopic (exact) mass is 437 g/mol. The Morgan fingerprint density at radius 1 is 0.968 bits per heavy atom. The highest BCUT2D eigenvalue weighted by atomic mass is 19.4. The van der Waals surface area contributed by atoms with Gasteiger partial charge in [-0.05, 0) is 39.9 Å². The molecule has 31 heavy (non-hydrogen) atoms. The van der Waals surface area contributed by atoms with Gasteiger partial charge in [-0.1, -0.05) is 24.3 Å². The molecule has 1 heterocycles. The maximum Gasteiger partial charge on any atom is 0.414 e. The van der Waals surface area contributed by atoms with Crippen LogP contribution in [0.4, 0.5) is 17.6 Å². The number of aliphatic hydroxyl groups excluding tert-OH is 3. The first-order valence-corrected chi connectivity index (χ1v) is 9.30. The minimum absolute atomic E-state index is 0.119. The van der Waals surface area contributed by atoms with Gasteiger partial charge in [0.2, 0.25) is 0 Å². The van der Waals surface area contributed by atoms with Gasteiger partial charge in [-0.2, -0.15) is 18.3 Å². The third kappa shape index (κ3) is 2.90. The maximum atomic E-state index is 14.5. The van der Waals surface area contributed by atoms with Gasteiger partial charge in [0.25, 0.3) is 0 Å². The molecule has 4 rings (SSSR count). The van der Waals surface area contributed by atoms with Crippen LogP contribution in [0.5, 0.6) is 0 Å². The molecule has 6 nitrogen and oxygen atoms in total. The quantitative estimate of drug-likeness (QED) is 0.458. The van der Waals surface area contributed by atoms with Crippen LogP contribution in [0.2, 0.25) is 0 Å². The van der Waals surface area contributed by atoms with E-state index in [9.17, 15) is 32.9 Å². The predicted octanol–water partition coefficient (Wildman–Crippen LogP) is 2.11. The Bertz CT molecular complexity index is 1130. The molecule has 1 unspecified atom stereocenters. The highest BCUT2D eigenvalue weighted by Gasteiger charge is 2.59. The van der Waals surface area contributed by atoms with Gasteiger partial charge >= 0.3 is 6.18 Å². The van der Waals surface area contributed by atoms with Crippen LogP contribution in [0.3, 0.4) is 0 Å². The molecule has 0 saturated carbocycles. The van der Waals surface area contributed by atoms with Crippen LogP contribution in [0, 0.1) is 5.82 Å². The fourth-order valence-electron chi connectivity index (χ4n) is 4.02. The molecular formula is C21H19F4N3O3. The molecule has 0 aliphatic heterocycles. The highest BCUT2D eigenvalue weighted by Crippen LogP contribution is 2.56. The van der Waals surface area contributed by atoms with Crippen LogP contribution in [0.15, 0.2) is 48.8 Å². The average molecular weight is 437 g/mol. The number of aliphatic hydroxyl groups is 3. The summed E-state index contributed by atoms with van der Waals surface area (Å²) in [7, 11) is 0. The number of nitrogens with two attached hydrogens (primary N) is 1. The van der Waals surface area contributed by atoms with Crippen molar-refractivity contribution in [3.05, 3.63) is 65.7 Å².